The molecule has 3 amide bonds. The third-order valence-electron chi connectivity index (χ3n) is 3.82. The number of hydrogen-bond donors (Lipinski definition) is 2. The number of amides is 3. The fraction of sp³-hybridized carbons (Fsp3) is 0.167. The summed E-state index contributed by atoms with van der Waals surface area (Å²) >= 11 is 5.74. The van der Waals surface area contributed by atoms with E-state index >= 15 is 0 Å². The first-order valence-corrected chi connectivity index (χ1v) is 8.35. The quantitative estimate of drug-likeness (QED) is 0.446. The van der Waals surface area contributed by atoms with Crippen LogP contribution in [0.5, 0.6) is 0 Å². The van der Waals surface area contributed by atoms with Crippen molar-refractivity contribution in [2.75, 3.05) is 11.9 Å². The van der Waals surface area contributed by atoms with Gasteiger partial charge in [-0.15, -0.1) is 0 Å². The summed E-state index contributed by atoms with van der Waals surface area (Å²) in [5.41, 5.74) is 1.41. The largest absolute Gasteiger partial charge is 0.452 e. The van der Waals surface area contributed by atoms with Gasteiger partial charge in [0.2, 0.25) is 0 Å². The summed E-state index contributed by atoms with van der Waals surface area (Å²) in [6, 6.07) is 7.86. The number of rotatable bonds is 5. The number of nitro groups is 1. The predicted molar refractivity (Wildman–Crippen MR) is 101 cm³/mol. The minimum Gasteiger partial charge on any atom is -0.452 e. The van der Waals surface area contributed by atoms with E-state index in [2.05, 4.69) is 5.32 Å². The second-order valence-electron chi connectivity index (χ2n) is 5.74. The fourth-order valence-corrected chi connectivity index (χ4v) is 2.41. The van der Waals surface area contributed by atoms with Crippen molar-refractivity contribution in [1.82, 2.24) is 5.32 Å². The van der Waals surface area contributed by atoms with Gasteiger partial charge in [0.15, 0.2) is 6.61 Å². The van der Waals surface area contributed by atoms with Crippen molar-refractivity contribution in [2.24, 2.45) is 0 Å². The molecule has 0 radical (unpaired) electrons. The van der Waals surface area contributed by atoms with Crippen LogP contribution in [0.15, 0.2) is 36.4 Å². The molecule has 0 aliphatic heterocycles. The zero-order chi connectivity index (χ0) is 20.8. The Morgan fingerprint density at radius 1 is 1.18 bits per heavy atom. The maximum Gasteiger partial charge on any atom is 0.345 e. The molecular formula is C18H16ClN3O6. The molecule has 0 aliphatic carbocycles. The number of hydrogen-bond acceptors (Lipinski definition) is 6. The number of carbonyl (C=O) groups is 3. The van der Waals surface area contributed by atoms with Crippen LogP contribution in [0.1, 0.15) is 21.5 Å². The fourth-order valence-electron chi connectivity index (χ4n) is 2.24. The first kappa shape index (κ1) is 20.8. The highest BCUT2D eigenvalue weighted by Gasteiger charge is 2.23. The zero-order valence-electron chi connectivity index (χ0n) is 14.9. The van der Waals surface area contributed by atoms with E-state index in [1.807, 2.05) is 25.2 Å². The molecule has 0 heterocycles. The summed E-state index contributed by atoms with van der Waals surface area (Å²) in [5.74, 6) is -2.01. The molecule has 2 N–H and O–H groups in total. The van der Waals surface area contributed by atoms with E-state index in [-0.39, 0.29) is 5.02 Å². The molecule has 2 rings (SSSR count). The van der Waals surface area contributed by atoms with Gasteiger partial charge < -0.3 is 10.1 Å². The maximum atomic E-state index is 12.0. The van der Waals surface area contributed by atoms with Crippen LogP contribution in [0, 0.1) is 24.0 Å². The summed E-state index contributed by atoms with van der Waals surface area (Å²) in [7, 11) is 0. The van der Waals surface area contributed by atoms with Gasteiger partial charge in [-0.05, 0) is 43.2 Å². The van der Waals surface area contributed by atoms with Gasteiger partial charge in [-0.25, -0.2) is 9.59 Å². The molecule has 2 aromatic rings. The molecule has 0 saturated heterocycles. The van der Waals surface area contributed by atoms with Crippen LogP contribution in [0.3, 0.4) is 0 Å². The van der Waals surface area contributed by atoms with Gasteiger partial charge in [0.25, 0.3) is 11.6 Å². The lowest BCUT2D eigenvalue weighted by atomic mass is 10.1. The number of anilines is 1. The van der Waals surface area contributed by atoms with Crippen LogP contribution < -0.4 is 10.6 Å². The molecule has 0 saturated carbocycles. The Hall–Kier alpha value is -3.46. The summed E-state index contributed by atoms with van der Waals surface area (Å²) in [4.78, 5) is 45.9. The Bertz CT molecular complexity index is 960. The Morgan fingerprint density at radius 2 is 1.89 bits per heavy atom. The molecule has 9 nitrogen and oxygen atoms in total. The number of benzene rings is 2. The Morgan fingerprint density at radius 3 is 2.57 bits per heavy atom. The molecule has 0 atom stereocenters. The van der Waals surface area contributed by atoms with Crippen LogP contribution >= 0.6 is 11.6 Å². The number of nitro benzene ring substituents is 1. The smallest absolute Gasteiger partial charge is 0.345 e. The Balaban J connectivity index is 1.94. The molecule has 0 bridgehead atoms. The number of halogens is 1. The lowest BCUT2D eigenvalue weighted by Gasteiger charge is -2.11. The van der Waals surface area contributed by atoms with Crippen LogP contribution in [-0.2, 0) is 9.53 Å². The molecule has 0 unspecified atom stereocenters. The van der Waals surface area contributed by atoms with Crippen molar-refractivity contribution in [1.29, 1.82) is 0 Å². The zero-order valence-corrected chi connectivity index (χ0v) is 15.7. The topological polar surface area (TPSA) is 128 Å². The van der Waals surface area contributed by atoms with Gasteiger partial charge in [0.1, 0.15) is 5.56 Å². The molecule has 0 aliphatic rings. The number of urea groups is 1. The van der Waals surface area contributed by atoms with Crippen molar-refractivity contribution in [3.8, 4) is 0 Å². The van der Waals surface area contributed by atoms with Gasteiger partial charge in [-0.2, -0.15) is 0 Å². The minimum atomic E-state index is -1.11. The lowest BCUT2D eigenvalue weighted by Crippen LogP contribution is -2.37. The molecule has 10 heteroatoms. The van der Waals surface area contributed by atoms with Crippen molar-refractivity contribution in [3.63, 3.8) is 0 Å². The van der Waals surface area contributed by atoms with E-state index in [4.69, 9.17) is 16.3 Å². The van der Waals surface area contributed by atoms with E-state index in [0.29, 0.717) is 5.69 Å². The maximum absolute atomic E-state index is 12.0. The Kier molecular flexibility index (Phi) is 6.67. The van der Waals surface area contributed by atoms with Crippen LogP contribution in [0.2, 0.25) is 5.02 Å². The highest BCUT2D eigenvalue weighted by atomic mass is 35.5. The van der Waals surface area contributed by atoms with E-state index in [1.165, 1.54) is 6.07 Å². The van der Waals surface area contributed by atoms with Crippen molar-refractivity contribution < 1.29 is 24.0 Å². The van der Waals surface area contributed by atoms with Crippen molar-refractivity contribution in [3.05, 3.63) is 68.2 Å². The van der Waals surface area contributed by atoms with E-state index in [0.717, 1.165) is 23.3 Å². The standard InChI is InChI=1S/C18H16ClN3O6/c1-10-4-3-5-14(11(10)2)20-18(25)21-16(23)9-28-17(24)13-8-12(19)6-7-15(13)22(26)27/h3-8H,9H2,1-2H3,(H2,20,21,23,25). The second kappa shape index (κ2) is 8.96. The summed E-state index contributed by atoms with van der Waals surface area (Å²) in [5, 5.41) is 15.6. The number of carbonyl (C=O) groups excluding carboxylic acids is 3. The van der Waals surface area contributed by atoms with Crippen LogP contribution in [0.25, 0.3) is 0 Å². The number of imide groups is 1. The third-order valence-corrected chi connectivity index (χ3v) is 4.05. The van der Waals surface area contributed by atoms with E-state index in [1.54, 1.807) is 12.1 Å². The Labute approximate surface area is 164 Å². The SMILES string of the molecule is Cc1cccc(NC(=O)NC(=O)COC(=O)c2cc(Cl)ccc2[N+](=O)[O-])c1C. The number of nitrogens with zero attached hydrogens (tertiary/aromatic N) is 1. The monoisotopic (exact) mass is 405 g/mol. The van der Waals surface area contributed by atoms with Gasteiger partial charge in [-0.1, -0.05) is 23.7 Å². The van der Waals surface area contributed by atoms with Gasteiger partial charge >= 0.3 is 12.0 Å². The van der Waals surface area contributed by atoms with E-state index < -0.39 is 40.7 Å². The number of aryl methyl sites for hydroxylation is 1. The summed E-state index contributed by atoms with van der Waals surface area (Å²) < 4.78 is 4.74. The van der Waals surface area contributed by atoms with Crippen LogP contribution in [0.4, 0.5) is 16.2 Å². The third kappa shape index (κ3) is 5.27. The first-order chi connectivity index (χ1) is 13.2. The highest BCUT2D eigenvalue weighted by molar-refractivity contribution is 6.31. The summed E-state index contributed by atoms with van der Waals surface area (Å²) in [6.45, 7) is 2.88. The number of nitrogens with one attached hydrogen (secondary N) is 2. The van der Waals surface area contributed by atoms with Gasteiger partial charge in [-0.3, -0.25) is 20.2 Å². The van der Waals surface area contributed by atoms with Gasteiger partial charge in [0, 0.05) is 16.8 Å². The van der Waals surface area contributed by atoms with Gasteiger partial charge in [0.05, 0.1) is 4.92 Å². The first-order valence-electron chi connectivity index (χ1n) is 7.97. The minimum absolute atomic E-state index is 0.0925. The summed E-state index contributed by atoms with van der Waals surface area (Å²) in [6.07, 6.45) is 0. The molecule has 0 spiro atoms. The molecular weight excluding hydrogens is 390 g/mol. The van der Waals surface area contributed by atoms with Crippen LogP contribution in [-0.4, -0.2) is 29.4 Å². The number of esters is 1. The normalized spacial score (nSPS) is 10.1. The molecule has 28 heavy (non-hydrogen) atoms. The van der Waals surface area contributed by atoms with E-state index in [9.17, 15) is 24.5 Å². The molecule has 146 valence electrons. The molecule has 2 aromatic carbocycles. The number of ether oxygens (including phenoxy) is 1. The lowest BCUT2D eigenvalue weighted by molar-refractivity contribution is -0.385. The second-order valence-corrected chi connectivity index (χ2v) is 6.18. The van der Waals surface area contributed by atoms with Crippen molar-refractivity contribution in [2.45, 2.75) is 13.8 Å². The average molecular weight is 406 g/mol. The molecule has 0 aromatic heterocycles. The molecule has 0 fully saturated rings. The average Bonchev–Trinajstić information content (AvgIpc) is 2.63. The highest BCUT2D eigenvalue weighted by Crippen LogP contribution is 2.23. The van der Waals surface area contributed by atoms with Crippen molar-refractivity contribution >= 4 is 40.9 Å². The predicted octanol–water partition coefficient (Wildman–Crippen LogP) is 3.37.